The number of anilines is 3. The van der Waals surface area contributed by atoms with E-state index in [2.05, 4.69) is 21.7 Å². The van der Waals surface area contributed by atoms with Crippen LogP contribution >= 0.6 is 0 Å². The molecule has 0 saturated heterocycles. The number of benzene rings is 2. The summed E-state index contributed by atoms with van der Waals surface area (Å²) in [6.45, 7) is 1.99. The topological polar surface area (TPSA) is 77.8 Å². The van der Waals surface area contributed by atoms with E-state index in [4.69, 9.17) is 5.26 Å². The van der Waals surface area contributed by atoms with Crippen LogP contribution in [0.25, 0.3) is 0 Å². The number of carbonyl (C=O) groups excluding carboxylic acids is 1. The van der Waals surface area contributed by atoms with E-state index in [9.17, 15) is 4.79 Å². The fourth-order valence-corrected chi connectivity index (χ4v) is 2.27. The molecule has 122 valence electrons. The molecule has 5 heteroatoms. The van der Waals surface area contributed by atoms with Gasteiger partial charge in [0.2, 0.25) is 0 Å². The largest absolute Gasteiger partial charge is 0.354 e. The third-order valence-corrected chi connectivity index (χ3v) is 3.59. The van der Waals surface area contributed by atoms with Crippen molar-refractivity contribution in [1.82, 2.24) is 4.98 Å². The Labute approximate surface area is 146 Å². The predicted octanol–water partition coefficient (Wildman–Crippen LogP) is 4.26. The van der Waals surface area contributed by atoms with E-state index in [1.54, 1.807) is 36.5 Å². The normalized spacial score (nSPS) is 9.92. The van der Waals surface area contributed by atoms with Gasteiger partial charge in [-0.05, 0) is 49.4 Å². The molecule has 0 spiro atoms. The van der Waals surface area contributed by atoms with E-state index in [-0.39, 0.29) is 5.91 Å². The smallest absolute Gasteiger partial charge is 0.274 e. The van der Waals surface area contributed by atoms with Crippen LogP contribution in [0.1, 0.15) is 21.6 Å². The number of nitriles is 1. The first-order valence-electron chi connectivity index (χ1n) is 7.75. The van der Waals surface area contributed by atoms with Gasteiger partial charge in [-0.15, -0.1) is 0 Å². The van der Waals surface area contributed by atoms with Gasteiger partial charge in [-0.2, -0.15) is 5.26 Å². The van der Waals surface area contributed by atoms with Crippen molar-refractivity contribution >= 4 is 23.0 Å². The van der Waals surface area contributed by atoms with Gasteiger partial charge in [-0.3, -0.25) is 4.79 Å². The lowest BCUT2D eigenvalue weighted by Crippen LogP contribution is -2.13. The average Bonchev–Trinajstić information content (AvgIpc) is 2.64. The maximum Gasteiger partial charge on any atom is 0.274 e. The highest BCUT2D eigenvalue weighted by Gasteiger charge is 2.07. The van der Waals surface area contributed by atoms with Gasteiger partial charge in [-0.25, -0.2) is 4.98 Å². The van der Waals surface area contributed by atoms with Crippen molar-refractivity contribution in [2.24, 2.45) is 0 Å². The van der Waals surface area contributed by atoms with Crippen molar-refractivity contribution < 1.29 is 4.79 Å². The van der Waals surface area contributed by atoms with Crippen molar-refractivity contribution in [2.45, 2.75) is 6.92 Å². The van der Waals surface area contributed by atoms with Crippen LogP contribution in [0.15, 0.2) is 66.9 Å². The summed E-state index contributed by atoms with van der Waals surface area (Å²) >= 11 is 0. The molecule has 2 aromatic carbocycles. The highest BCUT2D eigenvalue weighted by Crippen LogP contribution is 2.17. The molecule has 0 aliphatic carbocycles. The highest BCUT2D eigenvalue weighted by atomic mass is 16.1. The Bertz CT molecular complexity index is 925. The third kappa shape index (κ3) is 4.21. The number of pyridine rings is 1. The molecule has 3 rings (SSSR count). The molecule has 2 N–H and O–H groups in total. The zero-order chi connectivity index (χ0) is 17.6. The first kappa shape index (κ1) is 16.2. The van der Waals surface area contributed by atoms with E-state index < -0.39 is 0 Å². The number of nitrogens with one attached hydrogen (secondary N) is 2. The molecule has 1 heterocycles. The molecule has 0 aliphatic heterocycles. The van der Waals surface area contributed by atoms with Crippen molar-refractivity contribution in [2.75, 3.05) is 10.6 Å². The van der Waals surface area contributed by atoms with Gasteiger partial charge in [0.1, 0.15) is 5.69 Å². The Morgan fingerprint density at radius 2 is 1.76 bits per heavy atom. The molecule has 0 saturated carbocycles. The van der Waals surface area contributed by atoms with E-state index in [1.165, 1.54) is 0 Å². The number of rotatable bonds is 4. The van der Waals surface area contributed by atoms with Gasteiger partial charge in [-0.1, -0.05) is 23.8 Å². The number of hydrogen-bond donors (Lipinski definition) is 2. The lowest BCUT2D eigenvalue weighted by atomic mass is 10.2. The van der Waals surface area contributed by atoms with E-state index >= 15 is 0 Å². The second-order valence-corrected chi connectivity index (χ2v) is 5.57. The number of aryl methyl sites for hydroxylation is 1. The molecule has 25 heavy (non-hydrogen) atoms. The summed E-state index contributed by atoms with van der Waals surface area (Å²) in [6, 6.07) is 20.2. The molecule has 1 aromatic heterocycles. The van der Waals surface area contributed by atoms with E-state index in [0.29, 0.717) is 11.3 Å². The molecular formula is C20H16N4O. The molecule has 0 bridgehead atoms. The van der Waals surface area contributed by atoms with E-state index in [0.717, 1.165) is 22.6 Å². The average molecular weight is 328 g/mol. The molecule has 0 fully saturated rings. The number of nitrogens with zero attached hydrogens (tertiary/aromatic N) is 2. The minimum absolute atomic E-state index is 0.262. The molecule has 0 radical (unpaired) electrons. The van der Waals surface area contributed by atoms with Crippen LogP contribution in [0.4, 0.5) is 17.1 Å². The van der Waals surface area contributed by atoms with Crippen LogP contribution < -0.4 is 10.6 Å². The van der Waals surface area contributed by atoms with Gasteiger partial charge in [0.05, 0.1) is 23.5 Å². The summed E-state index contributed by atoms with van der Waals surface area (Å²) < 4.78 is 0. The predicted molar refractivity (Wildman–Crippen MR) is 97.8 cm³/mol. The number of aromatic nitrogens is 1. The first-order valence-corrected chi connectivity index (χ1v) is 7.75. The lowest BCUT2D eigenvalue weighted by Gasteiger charge is -2.08. The summed E-state index contributed by atoms with van der Waals surface area (Å²) in [5, 5.41) is 14.9. The Hall–Kier alpha value is -3.65. The maximum absolute atomic E-state index is 12.2. The van der Waals surface area contributed by atoms with E-state index in [1.807, 2.05) is 37.3 Å². The van der Waals surface area contributed by atoms with Crippen LogP contribution in [0, 0.1) is 18.3 Å². The van der Waals surface area contributed by atoms with Crippen molar-refractivity contribution in [3.05, 3.63) is 83.7 Å². The first-order chi connectivity index (χ1) is 12.1. The number of carbonyl (C=O) groups is 1. The molecule has 3 aromatic rings. The standard InChI is InChI=1S/C20H16N4O/c1-14-5-7-16(8-6-14)24-20(25)19-10-9-18(13-22-19)23-17-4-2-3-15(11-17)12-21/h2-11,13,23H,1H3,(H,24,25). The van der Waals surface area contributed by atoms with Crippen LogP contribution in [0.2, 0.25) is 0 Å². The fourth-order valence-electron chi connectivity index (χ4n) is 2.27. The van der Waals surface area contributed by atoms with Crippen LogP contribution in [-0.2, 0) is 0 Å². The quantitative estimate of drug-likeness (QED) is 0.750. The highest BCUT2D eigenvalue weighted by molar-refractivity contribution is 6.02. The number of amides is 1. The van der Waals surface area contributed by atoms with Gasteiger partial charge < -0.3 is 10.6 Å². The number of hydrogen-bond acceptors (Lipinski definition) is 4. The minimum Gasteiger partial charge on any atom is -0.354 e. The SMILES string of the molecule is Cc1ccc(NC(=O)c2ccc(Nc3cccc(C#N)c3)cn2)cc1. The van der Waals surface area contributed by atoms with Crippen molar-refractivity contribution in [3.63, 3.8) is 0 Å². The third-order valence-electron chi connectivity index (χ3n) is 3.59. The van der Waals surface area contributed by atoms with Crippen LogP contribution in [0.5, 0.6) is 0 Å². The summed E-state index contributed by atoms with van der Waals surface area (Å²) in [5.41, 5.74) is 4.29. The van der Waals surface area contributed by atoms with Gasteiger partial charge in [0, 0.05) is 11.4 Å². The van der Waals surface area contributed by atoms with Gasteiger partial charge >= 0.3 is 0 Å². The van der Waals surface area contributed by atoms with Gasteiger partial charge in [0.25, 0.3) is 5.91 Å². The van der Waals surface area contributed by atoms with Crippen LogP contribution in [0.3, 0.4) is 0 Å². The Kier molecular flexibility index (Phi) is 4.72. The Balaban J connectivity index is 1.68. The second-order valence-electron chi connectivity index (χ2n) is 5.57. The Morgan fingerprint density at radius 1 is 1.00 bits per heavy atom. The summed E-state index contributed by atoms with van der Waals surface area (Å²) in [5.74, 6) is -0.262. The molecule has 1 amide bonds. The maximum atomic E-state index is 12.2. The lowest BCUT2D eigenvalue weighted by molar-refractivity contribution is 0.102. The molecule has 0 atom stereocenters. The summed E-state index contributed by atoms with van der Waals surface area (Å²) in [7, 11) is 0. The molecule has 5 nitrogen and oxygen atoms in total. The Morgan fingerprint density at radius 3 is 2.44 bits per heavy atom. The zero-order valence-corrected chi connectivity index (χ0v) is 13.7. The second kappa shape index (κ2) is 7.28. The minimum atomic E-state index is -0.262. The summed E-state index contributed by atoms with van der Waals surface area (Å²) in [6.07, 6.45) is 1.59. The van der Waals surface area contributed by atoms with Crippen LogP contribution in [-0.4, -0.2) is 10.9 Å². The molecular weight excluding hydrogens is 312 g/mol. The fraction of sp³-hybridized carbons (Fsp3) is 0.0500. The summed E-state index contributed by atoms with van der Waals surface area (Å²) in [4.78, 5) is 16.4. The van der Waals surface area contributed by atoms with Crippen molar-refractivity contribution in [1.29, 1.82) is 5.26 Å². The molecule has 0 aliphatic rings. The van der Waals surface area contributed by atoms with Crippen molar-refractivity contribution in [3.8, 4) is 6.07 Å². The monoisotopic (exact) mass is 328 g/mol. The zero-order valence-electron chi connectivity index (χ0n) is 13.7. The van der Waals surface area contributed by atoms with Gasteiger partial charge in [0.15, 0.2) is 0 Å². The molecule has 0 unspecified atom stereocenters.